The Balaban J connectivity index is 1.42. The molecule has 34 heavy (non-hydrogen) atoms. The molecule has 0 spiro atoms. The highest BCUT2D eigenvalue weighted by atomic mass is 32.2. The standard InChI is InChI=1S/C24H25N3O6S/c1-16-20-8-3-4-9-21(20)25-17(2)23(16)24(29)33-15-22(28)26-18-6-5-7-19(14-18)34(30,31)27-10-12-32-13-11-27/h3-9,14H,10-13,15H2,1-2H3,(H,26,28). The van der Waals surface area contributed by atoms with Gasteiger partial charge < -0.3 is 14.8 Å². The largest absolute Gasteiger partial charge is 0.452 e. The van der Waals surface area contributed by atoms with Crippen molar-refractivity contribution in [2.24, 2.45) is 0 Å². The average molecular weight is 484 g/mol. The van der Waals surface area contributed by atoms with E-state index >= 15 is 0 Å². The van der Waals surface area contributed by atoms with Gasteiger partial charge in [0.05, 0.1) is 34.9 Å². The van der Waals surface area contributed by atoms with Crippen LogP contribution < -0.4 is 5.32 Å². The molecule has 1 aliphatic rings. The van der Waals surface area contributed by atoms with E-state index in [2.05, 4.69) is 10.3 Å². The molecule has 1 saturated heterocycles. The van der Waals surface area contributed by atoms with Crippen molar-refractivity contribution < 1.29 is 27.5 Å². The number of sulfonamides is 1. The highest BCUT2D eigenvalue weighted by Gasteiger charge is 2.26. The molecule has 2 aromatic carbocycles. The summed E-state index contributed by atoms with van der Waals surface area (Å²) in [6.07, 6.45) is 0. The number of pyridine rings is 1. The van der Waals surface area contributed by atoms with Crippen LogP contribution in [0.3, 0.4) is 0 Å². The van der Waals surface area contributed by atoms with Gasteiger partial charge in [-0.05, 0) is 43.7 Å². The van der Waals surface area contributed by atoms with Crippen LogP contribution in [-0.2, 0) is 24.3 Å². The Morgan fingerprint density at radius 2 is 1.82 bits per heavy atom. The number of hydrogen-bond donors (Lipinski definition) is 1. The number of aryl methyl sites for hydroxylation is 2. The number of carbonyl (C=O) groups excluding carboxylic acids is 2. The van der Waals surface area contributed by atoms with Crippen LogP contribution >= 0.6 is 0 Å². The van der Waals surface area contributed by atoms with Crippen LogP contribution in [-0.4, -0.2) is 62.5 Å². The molecule has 1 N–H and O–H groups in total. The third-order valence-electron chi connectivity index (χ3n) is 5.60. The van der Waals surface area contributed by atoms with Crippen molar-refractivity contribution in [2.75, 3.05) is 38.2 Å². The van der Waals surface area contributed by atoms with E-state index < -0.39 is 28.5 Å². The van der Waals surface area contributed by atoms with Crippen LogP contribution in [0.5, 0.6) is 0 Å². The van der Waals surface area contributed by atoms with E-state index in [0.29, 0.717) is 24.5 Å². The van der Waals surface area contributed by atoms with Gasteiger partial charge in [-0.3, -0.25) is 9.78 Å². The maximum atomic E-state index is 12.8. The van der Waals surface area contributed by atoms with Gasteiger partial charge in [0, 0.05) is 24.2 Å². The van der Waals surface area contributed by atoms with Crippen LogP contribution in [0.4, 0.5) is 5.69 Å². The maximum Gasteiger partial charge on any atom is 0.340 e. The highest BCUT2D eigenvalue weighted by Crippen LogP contribution is 2.23. The fraction of sp³-hybridized carbons (Fsp3) is 0.292. The van der Waals surface area contributed by atoms with Crippen molar-refractivity contribution in [3.05, 3.63) is 65.4 Å². The number of nitrogens with one attached hydrogen (secondary N) is 1. The minimum absolute atomic E-state index is 0.0673. The predicted molar refractivity (Wildman–Crippen MR) is 126 cm³/mol. The molecule has 178 valence electrons. The van der Waals surface area contributed by atoms with Crippen LogP contribution in [0.1, 0.15) is 21.6 Å². The molecule has 0 unspecified atom stereocenters. The lowest BCUT2D eigenvalue weighted by atomic mass is 10.0. The molecule has 4 rings (SSSR count). The Morgan fingerprint density at radius 3 is 2.59 bits per heavy atom. The SMILES string of the molecule is Cc1nc2ccccc2c(C)c1C(=O)OCC(=O)Nc1cccc(S(=O)(=O)N2CCOCC2)c1. The number of fused-ring (bicyclic) bond motifs is 1. The number of nitrogens with zero attached hydrogens (tertiary/aromatic N) is 2. The van der Waals surface area contributed by atoms with Crippen LogP contribution in [0.25, 0.3) is 10.9 Å². The number of benzene rings is 2. The molecule has 1 aromatic heterocycles. The fourth-order valence-electron chi connectivity index (χ4n) is 3.90. The zero-order valence-electron chi connectivity index (χ0n) is 18.9. The molecular formula is C24H25N3O6S. The molecule has 1 fully saturated rings. The Hall–Kier alpha value is -3.34. The summed E-state index contributed by atoms with van der Waals surface area (Å²) in [6, 6.07) is 13.4. The molecule has 0 aliphatic carbocycles. The zero-order chi connectivity index (χ0) is 24.3. The number of carbonyl (C=O) groups is 2. The monoisotopic (exact) mass is 483 g/mol. The first-order valence-electron chi connectivity index (χ1n) is 10.8. The number of rotatable bonds is 6. The number of hydrogen-bond acceptors (Lipinski definition) is 7. The summed E-state index contributed by atoms with van der Waals surface area (Å²) in [7, 11) is -3.70. The van der Waals surface area contributed by atoms with E-state index in [1.807, 2.05) is 31.2 Å². The minimum atomic E-state index is -3.70. The quantitative estimate of drug-likeness (QED) is 0.536. The molecule has 0 saturated carbocycles. The van der Waals surface area contributed by atoms with Gasteiger partial charge in [0.1, 0.15) is 0 Å². The van der Waals surface area contributed by atoms with Gasteiger partial charge >= 0.3 is 5.97 Å². The number of morpholine rings is 1. The van der Waals surface area contributed by atoms with E-state index in [4.69, 9.17) is 9.47 Å². The minimum Gasteiger partial charge on any atom is -0.452 e. The number of anilines is 1. The molecule has 3 aromatic rings. The fourth-order valence-corrected chi connectivity index (χ4v) is 5.36. The van der Waals surface area contributed by atoms with Crippen molar-refractivity contribution in [2.45, 2.75) is 18.7 Å². The first-order chi connectivity index (χ1) is 16.3. The zero-order valence-corrected chi connectivity index (χ0v) is 19.7. The first kappa shape index (κ1) is 23.8. The van der Waals surface area contributed by atoms with Gasteiger partial charge in [0.25, 0.3) is 5.91 Å². The Labute approximate surface area is 197 Å². The van der Waals surface area contributed by atoms with E-state index in [9.17, 15) is 18.0 Å². The predicted octanol–water partition coefficient (Wildman–Crippen LogP) is 2.67. The van der Waals surface area contributed by atoms with Crippen molar-refractivity contribution in [3.8, 4) is 0 Å². The number of aromatic nitrogens is 1. The lowest BCUT2D eigenvalue weighted by Crippen LogP contribution is -2.40. The van der Waals surface area contributed by atoms with Gasteiger partial charge in [0.15, 0.2) is 6.61 Å². The summed E-state index contributed by atoms with van der Waals surface area (Å²) in [4.78, 5) is 29.6. The summed E-state index contributed by atoms with van der Waals surface area (Å²) in [5, 5.41) is 3.42. The Kier molecular flexibility index (Phi) is 6.92. The van der Waals surface area contributed by atoms with Crippen LogP contribution in [0.15, 0.2) is 53.4 Å². The molecule has 2 heterocycles. The number of ether oxygens (including phenoxy) is 2. The lowest BCUT2D eigenvalue weighted by molar-refractivity contribution is -0.119. The summed E-state index contributed by atoms with van der Waals surface area (Å²) >= 11 is 0. The molecule has 0 radical (unpaired) electrons. The molecular weight excluding hydrogens is 458 g/mol. The van der Waals surface area contributed by atoms with E-state index in [0.717, 1.165) is 16.5 Å². The first-order valence-corrected chi connectivity index (χ1v) is 12.2. The number of para-hydroxylation sites is 1. The van der Waals surface area contributed by atoms with Gasteiger partial charge in [0.2, 0.25) is 10.0 Å². The topological polar surface area (TPSA) is 115 Å². The normalized spacial score (nSPS) is 14.6. The second-order valence-corrected chi connectivity index (χ2v) is 9.82. The molecule has 0 atom stereocenters. The lowest BCUT2D eigenvalue weighted by Gasteiger charge is -2.26. The molecule has 1 amide bonds. The van der Waals surface area contributed by atoms with Crippen molar-refractivity contribution >= 4 is 38.5 Å². The second kappa shape index (κ2) is 9.88. The van der Waals surface area contributed by atoms with Gasteiger partial charge in [-0.25, -0.2) is 13.2 Å². The summed E-state index contributed by atoms with van der Waals surface area (Å²) in [6.45, 7) is 4.24. The second-order valence-electron chi connectivity index (χ2n) is 7.88. The molecule has 0 bridgehead atoms. The van der Waals surface area contributed by atoms with Crippen molar-refractivity contribution in [1.82, 2.24) is 9.29 Å². The number of esters is 1. The molecule has 10 heteroatoms. The third-order valence-corrected chi connectivity index (χ3v) is 7.49. The Bertz CT molecular complexity index is 1350. The summed E-state index contributed by atoms with van der Waals surface area (Å²) in [5.41, 5.74) is 2.64. The molecule has 9 nitrogen and oxygen atoms in total. The summed E-state index contributed by atoms with van der Waals surface area (Å²) in [5.74, 6) is -1.23. The summed E-state index contributed by atoms with van der Waals surface area (Å²) < 4.78 is 37.5. The third kappa shape index (κ3) is 4.93. The van der Waals surface area contributed by atoms with Crippen LogP contribution in [0.2, 0.25) is 0 Å². The van der Waals surface area contributed by atoms with E-state index in [1.165, 1.54) is 16.4 Å². The van der Waals surface area contributed by atoms with Gasteiger partial charge in [-0.15, -0.1) is 0 Å². The number of amides is 1. The van der Waals surface area contributed by atoms with Gasteiger partial charge in [-0.2, -0.15) is 4.31 Å². The van der Waals surface area contributed by atoms with Crippen molar-refractivity contribution in [1.29, 1.82) is 0 Å². The highest BCUT2D eigenvalue weighted by molar-refractivity contribution is 7.89. The maximum absolute atomic E-state index is 12.8. The van der Waals surface area contributed by atoms with Crippen LogP contribution in [0, 0.1) is 13.8 Å². The van der Waals surface area contributed by atoms with Gasteiger partial charge in [-0.1, -0.05) is 24.3 Å². The van der Waals surface area contributed by atoms with E-state index in [1.54, 1.807) is 19.1 Å². The van der Waals surface area contributed by atoms with E-state index in [-0.39, 0.29) is 23.7 Å². The smallest absolute Gasteiger partial charge is 0.340 e. The molecule has 1 aliphatic heterocycles. The average Bonchev–Trinajstić information content (AvgIpc) is 2.83. The Morgan fingerprint density at radius 1 is 1.09 bits per heavy atom. The van der Waals surface area contributed by atoms with Crippen molar-refractivity contribution in [3.63, 3.8) is 0 Å².